The molecule has 0 spiro atoms. The van der Waals surface area contributed by atoms with Gasteiger partial charge in [0.1, 0.15) is 11.2 Å². The first-order chi connectivity index (χ1) is 17.7. The fraction of sp³-hybridized carbons (Fsp3) is 0.214. The van der Waals surface area contributed by atoms with Crippen molar-refractivity contribution in [1.82, 2.24) is 19.4 Å². The molecule has 3 heterocycles. The van der Waals surface area contributed by atoms with Gasteiger partial charge in [-0.2, -0.15) is 0 Å². The smallest absolute Gasteiger partial charge is 0.274 e. The molecule has 0 radical (unpaired) electrons. The Labute approximate surface area is 214 Å². The number of amides is 1. The molecule has 3 aromatic heterocycles. The maximum atomic E-state index is 13.0. The van der Waals surface area contributed by atoms with Crippen molar-refractivity contribution in [2.24, 2.45) is 7.05 Å². The molecule has 8 nitrogen and oxygen atoms in total. The minimum atomic E-state index is -3.50. The van der Waals surface area contributed by atoms with Gasteiger partial charge in [-0.3, -0.25) is 9.59 Å². The number of benzene rings is 2. The molecule has 0 aliphatic carbocycles. The number of sulfone groups is 1. The number of aromatic nitrogens is 3. The van der Waals surface area contributed by atoms with Crippen LogP contribution >= 0.6 is 0 Å². The van der Waals surface area contributed by atoms with E-state index in [4.69, 9.17) is 0 Å². The largest absolute Gasteiger partial charge is 0.351 e. The lowest BCUT2D eigenvalue weighted by molar-refractivity contribution is 0.0951. The number of aromatic amines is 1. The Morgan fingerprint density at radius 1 is 1.05 bits per heavy atom. The number of aryl methyl sites for hydroxylation is 2. The van der Waals surface area contributed by atoms with E-state index < -0.39 is 9.84 Å². The molecule has 1 amide bonds. The lowest BCUT2D eigenvalue weighted by Crippen LogP contribution is -2.23. The zero-order chi connectivity index (χ0) is 26.5. The first kappa shape index (κ1) is 24.6. The van der Waals surface area contributed by atoms with Crippen molar-refractivity contribution in [3.8, 4) is 16.8 Å². The van der Waals surface area contributed by atoms with Crippen molar-refractivity contribution in [3.05, 3.63) is 82.5 Å². The van der Waals surface area contributed by atoms with E-state index in [9.17, 15) is 18.0 Å². The maximum absolute atomic E-state index is 13.0. The second kappa shape index (κ2) is 9.08. The van der Waals surface area contributed by atoms with Gasteiger partial charge in [-0.1, -0.05) is 25.1 Å². The van der Waals surface area contributed by atoms with Crippen molar-refractivity contribution < 1.29 is 13.2 Å². The van der Waals surface area contributed by atoms with Gasteiger partial charge < -0.3 is 19.4 Å². The van der Waals surface area contributed by atoms with Gasteiger partial charge in [-0.15, -0.1) is 0 Å². The van der Waals surface area contributed by atoms with Gasteiger partial charge in [0.25, 0.3) is 11.5 Å². The lowest BCUT2D eigenvalue weighted by Gasteiger charge is -2.17. The summed E-state index contributed by atoms with van der Waals surface area (Å²) in [4.78, 5) is 28.8. The lowest BCUT2D eigenvalue weighted by atomic mass is 10.0. The van der Waals surface area contributed by atoms with Crippen molar-refractivity contribution in [3.63, 3.8) is 0 Å². The fourth-order valence-corrected chi connectivity index (χ4v) is 5.71. The molecule has 0 saturated carbocycles. The molecule has 5 aromatic rings. The van der Waals surface area contributed by atoms with Crippen LogP contribution in [-0.2, 0) is 16.9 Å². The Hall–Kier alpha value is -4.11. The zero-order valence-corrected chi connectivity index (χ0v) is 21.9. The van der Waals surface area contributed by atoms with Crippen molar-refractivity contribution in [2.45, 2.75) is 25.7 Å². The molecule has 0 fully saturated rings. The molecule has 0 bridgehead atoms. The fourth-order valence-electron chi connectivity index (χ4n) is 4.80. The number of nitrogens with zero attached hydrogens (tertiary/aromatic N) is 2. The van der Waals surface area contributed by atoms with E-state index in [-0.39, 0.29) is 33.3 Å². The van der Waals surface area contributed by atoms with Crippen LogP contribution in [0.5, 0.6) is 0 Å². The summed E-state index contributed by atoms with van der Waals surface area (Å²) in [5.74, 6) is -0.354. The highest BCUT2D eigenvalue weighted by atomic mass is 32.2. The van der Waals surface area contributed by atoms with Gasteiger partial charge in [0, 0.05) is 47.9 Å². The summed E-state index contributed by atoms with van der Waals surface area (Å²) in [6.45, 7) is 5.91. The number of nitrogens with one attached hydrogen (secondary N) is 2. The van der Waals surface area contributed by atoms with Gasteiger partial charge in [0.05, 0.1) is 21.9 Å². The Kier molecular flexibility index (Phi) is 6.03. The maximum Gasteiger partial charge on any atom is 0.274 e. The number of fused-ring (bicyclic) bond motifs is 2. The molecule has 2 N–H and O–H groups in total. The van der Waals surface area contributed by atoms with Crippen molar-refractivity contribution in [1.29, 1.82) is 0 Å². The van der Waals surface area contributed by atoms with Crippen molar-refractivity contribution >= 4 is 37.6 Å². The topological polar surface area (TPSA) is 106 Å². The van der Waals surface area contributed by atoms with Gasteiger partial charge in [-0.25, -0.2) is 8.42 Å². The third-order valence-electron chi connectivity index (χ3n) is 6.72. The minimum Gasteiger partial charge on any atom is -0.351 e. The Morgan fingerprint density at radius 3 is 2.57 bits per heavy atom. The predicted octanol–water partition coefficient (Wildman–Crippen LogP) is 4.33. The number of rotatable bonds is 6. The molecule has 0 aliphatic rings. The predicted molar refractivity (Wildman–Crippen MR) is 146 cm³/mol. The van der Waals surface area contributed by atoms with Crippen LogP contribution in [0.2, 0.25) is 0 Å². The minimum absolute atomic E-state index is 0.0362. The number of para-hydroxylation sites is 1. The Bertz CT molecular complexity index is 1860. The summed E-state index contributed by atoms with van der Waals surface area (Å²) in [5.41, 5.74) is 4.39. The van der Waals surface area contributed by atoms with Crippen LogP contribution in [0, 0.1) is 6.92 Å². The molecular weight excluding hydrogens is 488 g/mol. The summed E-state index contributed by atoms with van der Waals surface area (Å²) in [5, 5.41) is 4.35. The van der Waals surface area contributed by atoms with Gasteiger partial charge in [-0.05, 0) is 49.7 Å². The summed E-state index contributed by atoms with van der Waals surface area (Å²) in [6, 6.07) is 14.8. The number of pyridine rings is 1. The molecule has 190 valence electrons. The van der Waals surface area contributed by atoms with E-state index in [2.05, 4.69) is 10.3 Å². The van der Waals surface area contributed by atoms with E-state index >= 15 is 0 Å². The van der Waals surface area contributed by atoms with Crippen LogP contribution in [0.1, 0.15) is 29.9 Å². The summed E-state index contributed by atoms with van der Waals surface area (Å²) in [6.07, 6.45) is 3.65. The number of carbonyl (C=O) groups is 1. The molecule has 2 aromatic carbocycles. The number of hydrogen-bond donors (Lipinski definition) is 2. The molecule has 0 aliphatic heterocycles. The Morgan fingerprint density at radius 2 is 1.84 bits per heavy atom. The van der Waals surface area contributed by atoms with Crippen LogP contribution < -0.4 is 10.9 Å². The third kappa shape index (κ3) is 4.05. The Balaban J connectivity index is 1.88. The zero-order valence-electron chi connectivity index (χ0n) is 21.1. The van der Waals surface area contributed by atoms with Crippen LogP contribution in [0.3, 0.4) is 0 Å². The second-order valence-corrected chi connectivity index (χ2v) is 11.3. The summed E-state index contributed by atoms with van der Waals surface area (Å²) >= 11 is 0. The van der Waals surface area contributed by atoms with E-state index in [0.717, 1.165) is 22.2 Å². The van der Waals surface area contributed by atoms with Gasteiger partial charge in [0.15, 0.2) is 9.84 Å². The SMILES string of the molecule is CCNC(=O)c1cc2c(-c3cc(S(=O)(=O)CC)ccc3-n3ccc4cccc(C)c43)cn(C)c(=O)c2[nH]1. The van der Waals surface area contributed by atoms with Crippen LogP contribution in [0.15, 0.2) is 70.6 Å². The number of H-pyrrole nitrogens is 1. The quantitative estimate of drug-likeness (QED) is 0.350. The number of hydrogen-bond acceptors (Lipinski definition) is 4. The van der Waals surface area contributed by atoms with E-state index in [0.29, 0.717) is 23.1 Å². The van der Waals surface area contributed by atoms with E-state index in [1.54, 1.807) is 44.4 Å². The average Bonchev–Trinajstić information content (AvgIpc) is 3.52. The van der Waals surface area contributed by atoms with Crippen LogP contribution in [0.25, 0.3) is 38.6 Å². The molecule has 0 atom stereocenters. The van der Waals surface area contributed by atoms with Gasteiger partial charge in [0.2, 0.25) is 0 Å². The summed E-state index contributed by atoms with van der Waals surface area (Å²) in [7, 11) is -1.86. The van der Waals surface area contributed by atoms with Crippen LogP contribution in [0.4, 0.5) is 0 Å². The van der Waals surface area contributed by atoms with E-state index in [1.165, 1.54) is 4.57 Å². The summed E-state index contributed by atoms with van der Waals surface area (Å²) < 4.78 is 29.2. The molecule has 9 heteroatoms. The van der Waals surface area contributed by atoms with Gasteiger partial charge >= 0.3 is 0 Å². The highest BCUT2D eigenvalue weighted by molar-refractivity contribution is 7.91. The van der Waals surface area contributed by atoms with Crippen LogP contribution in [-0.4, -0.2) is 40.7 Å². The second-order valence-electron chi connectivity index (χ2n) is 9.07. The normalized spacial score (nSPS) is 11.9. The monoisotopic (exact) mass is 516 g/mol. The highest BCUT2D eigenvalue weighted by Gasteiger charge is 2.22. The molecule has 37 heavy (non-hydrogen) atoms. The van der Waals surface area contributed by atoms with E-state index in [1.807, 2.05) is 48.9 Å². The van der Waals surface area contributed by atoms with Crippen molar-refractivity contribution in [2.75, 3.05) is 12.3 Å². The number of carbonyl (C=O) groups excluding carboxylic acids is 1. The molecule has 5 rings (SSSR count). The molecular formula is C28H28N4O4S. The average molecular weight is 517 g/mol. The molecule has 0 saturated heterocycles. The third-order valence-corrected chi connectivity index (χ3v) is 8.45. The first-order valence-electron chi connectivity index (χ1n) is 12.1. The molecule has 0 unspecified atom stereocenters. The first-order valence-corrected chi connectivity index (χ1v) is 13.8. The standard InChI is InChI=1S/C28H28N4O4S/c1-5-29-27(33)23-15-21-22(16-31(4)28(34)25(21)30-23)20-14-19(37(35,36)6-2)10-11-24(20)32-13-12-18-9-7-8-17(3)26(18)32/h7-16,30H,5-6H2,1-4H3,(H,29,33). The highest BCUT2D eigenvalue weighted by Crippen LogP contribution is 2.36.